The van der Waals surface area contributed by atoms with Crippen molar-refractivity contribution in [2.75, 3.05) is 0 Å². The van der Waals surface area contributed by atoms with Crippen LogP contribution in [0.4, 0.5) is 0 Å². The van der Waals surface area contributed by atoms with E-state index in [1.807, 2.05) is 48.5 Å². The molecule has 5 aromatic carbocycles. The number of hydrogen-bond donors (Lipinski definition) is 0. The SMILES string of the molecule is c1ccc(-n2nc3ccc(-c4ccc5c(ccc6c7ccccc7oc56)c4)cc3n2)cc1. The smallest absolute Gasteiger partial charge is 0.143 e. The summed E-state index contributed by atoms with van der Waals surface area (Å²) < 4.78 is 6.19. The Bertz CT molecular complexity index is 1780. The molecule has 0 fully saturated rings. The van der Waals surface area contributed by atoms with Gasteiger partial charge in [0.2, 0.25) is 0 Å². The summed E-state index contributed by atoms with van der Waals surface area (Å²) in [5.74, 6) is 0. The average molecular weight is 411 g/mol. The van der Waals surface area contributed by atoms with Crippen molar-refractivity contribution >= 4 is 43.7 Å². The van der Waals surface area contributed by atoms with Crippen LogP contribution in [0.25, 0.3) is 60.6 Å². The van der Waals surface area contributed by atoms with Crippen molar-refractivity contribution in [3.05, 3.63) is 103 Å². The highest BCUT2D eigenvalue weighted by Crippen LogP contribution is 2.35. The molecule has 0 radical (unpaired) electrons. The molecule has 7 rings (SSSR count). The molecule has 2 aromatic heterocycles. The van der Waals surface area contributed by atoms with Gasteiger partial charge in [-0.15, -0.1) is 10.2 Å². The summed E-state index contributed by atoms with van der Waals surface area (Å²) in [6.45, 7) is 0. The van der Waals surface area contributed by atoms with Crippen LogP contribution >= 0.6 is 0 Å². The standard InChI is InChI=1S/C28H17N3O/c1-2-6-21(7-3-1)31-29-25-15-12-19(17-26(25)30-31)18-10-13-22-20(16-18)11-14-24-23-8-4-5-9-27(23)32-28(22)24/h1-17H. The second kappa shape index (κ2) is 6.53. The van der Waals surface area contributed by atoms with E-state index >= 15 is 0 Å². The zero-order valence-electron chi connectivity index (χ0n) is 17.1. The van der Waals surface area contributed by atoms with Gasteiger partial charge in [0.05, 0.1) is 5.69 Å². The van der Waals surface area contributed by atoms with Crippen LogP contribution in [-0.4, -0.2) is 15.0 Å². The maximum Gasteiger partial charge on any atom is 0.143 e. The predicted octanol–water partition coefficient (Wildman–Crippen LogP) is 7.14. The van der Waals surface area contributed by atoms with E-state index in [1.54, 1.807) is 4.80 Å². The summed E-state index contributed by atoms with van der Waals surface area (Å²) >= 11 is 0. The van der Waals surface area contributed by atoms with Crippen molar-refractivity contribution in [2.24, 2.45) is 0 Å². The van der Waals surface area contributed by atoms with Crippen LogP contribution < -0.4 is 0 Å². The summed E-state index contributed by atoms with van der Waals surface area (Å²) in [6.07, 6.45) is 0. The number of para-hydroxylation sites is 2. The number of rotatable bonds is 2. The molecule has 0 N–H and O–H groups in total. The Balaban J connectivity index is 1.35. The van der Waals surface area contributed by atoms with Crippen molar-refractivity contribution in [2.45, 2.75) is 0 Å². The van der Waals surface area contributed by atoms with E-state index in [4.69, 9.17) is 4.42 Å². The molecule has 0 spiro atoms. The summed E-state index contributed by atoms with van der Waals surface area (Å²) in [5.41, 5.74) is 6.82. The third kappa shape index (κ3) is 2.56. The van der Waals surface area contributed by atoms with Crippen molar-refractivity contribution in [3.63, 3.8) is 0 Å². The maximum atomic E-state index is 6.19. The third-order valence-corrected chi connectivity index (χ3v) is 6.06. The monoisotopic (exact) mass is 411 g/mol. The van der Waals surface area contributed by atoms with Gasteiger partial charge in [-0.2, -0.15) is 4.80 Å². The van der Waals surface area contributed by atoms with Gasteiger partial charge in [-0.1, -0.05) is 54.6 Å². The van der Waals surface area contributed by atoms with Crippen LogP contribution in [0.5, 0.6) is 0 Å². The van der Waals surface area contributed by atoms with E-state index < -0.39 is 0 Å². The molecule has 0 saturated heterocycles. The minimum Gasteiger partial charge on any atom is -0.455 e. The third-order valence-electron chi connectivity index (χ3n) is 6.06. The summed E-state index contributed by atoms with van der Waals surface area (Å²) in [6, 6.07) is 35.2. The first-order chi connectivity index (χ1) is 15.8. The summed E-state index contributed by atoms with van der Waals surface area (Å²) in [5, 5.41) is 13.9. The molecule has 0 saturated carbocycles. The average Bonchev–Trinajstić information content (AvgIpc) is 3.45. The fourth-order valence-corrected chi connectivity index (χ4v) is 4.46. The van der Waals surface area contributed by atoms with Crippen molar-refractivity contribution in [1.82, 2.24) is 15.0 Å². The lowest BCUT2D eigenvalue weighted by molar-refractivity contribution is 0.672. The van der Waals surface area contributed by atoms with Gasteiger partial charge in [0, 0.05) is 16.2 Å². The summed E-state index contributed by atoms with van der Waals surface area (Å²) in [7, 11) is 0. The second-order valence-corrected chi connectivity index (χ2v) is 8.00. The number of nitrogens with zero attached hydrogens (tertiary/aromatic N) is 3. The van der Waals surface area contributed by atoms with E-state index in [0.717, 1.165) is 60.6 Å². The Morgan fingerprint density at radius 1 is 0.562 bits per heavy atom. The topological polar surface area (TPSA) is 43.9 Å². The first-order valence-electron chi connectivity index (χ1n) is 10.6. The molecule has 4 heteroatoms. The lowest BCUT2D eigenvalue weighted by atomic mass is 9.99. The Kier molecular flexibility index (Phi) is 3.52. The lowest BCUT2D eigenvalue weighted by Gasteiger charge is -2.05. The van der Waals surface area contributed by atoms with Crippen LogP contribution in [0.2, 0.25) is 0 Å². The van der Waals surface area contributed by atoms with E-state index in [-0.39, 0.29) is 0 Å². The number of fused-ring (bicyclic) bond motifs is 6. The summed E-state index contributed by atoms with van der Waals surface area (Å²) in [4.78, 5) is 1.69. The van der Waals surface area contributed by atoms with Gasteiger partial charge in [0.15, 0.2) is 0 Å². The highest BCUT2D eigenvalue weighted by atomic mass is 16.3. The Labute approximate surface area is 183 Å². The van der Waals surface area contributed by atoms with Gasteiger partial charge >= 0.3 is 0 Å². The highest BCUT2D eigenvalue weighted by molar-refractivity contribution is 6.15. The second-order valence-electron chi connectivity index (χ2n) is 8.00. The fraction of sp³-hybridized carbons (Fsp3) is 0. The van der Waals surface area contributed by atoms with E-state index in [2.05, 4.69) is 64.8 Å². The molecule has 32 heavy (non-hydrogen) atoms. The molecule has 0 bridgehead atoms. The minimum absolute atomic E-state index is 0.874. The molecule has 7 aromatic rings. The number of furan rings is 1. The van der Waals surface area contributed by atoms with E-state index in [0.29, 0.717) is 0 Å². The van der Waals surface area contributed by atoms with Crippen LogP contribution in [0.1, 0.15) is 0 Å². The molecule has 2 heterocycles. The molecule has 0 atom stereocenters. The number of aromatic nitrogens is 3. The molecular weight excluding hydrogens is 394 g/mol. The van der Waals surface area contributed by atoms with Crippen molar-refractivity contribution < 1.29 is 4.42 Å². The normalized spacial score (nSPS) is 11.8. The Morgan fingerprint density at radius 3 is 2.25 bits per heavy atom. The molecule has 0 amide bonds. The molecule has 0 aliphatic rings. The zero-order chi connectivity index (χ0) is 21.1. The molecule has 150 valence electrons. The molecule has 0 aliphatic carbocycles. The molecule has 0 unspecified atom stereocenters. The van der Waals surface area contributed by atoms with Crippen LogP contribution in [0.3, 0.4) is 0 Å². The number of benzene rings is 5. The lowest BCUT2D eigenvalue weighted by Crippen LogP contribution is -1.97. The predicted molar refractivity (Wildman–Crippen MR) is 129 cm³/mol. The minimum atomic E-state index is 0.874. The van der Waals surface area contributed by atoms with Crippen LogP contribution in [0.15, 0.2) is 108 Å². The van der Waals surface area contributed by atoms with Gasteiger partial charge in [0.1, 0.15) is 22.2 Å². The Hall–Kier alpha value is -4.44. The fourth-order valence-electron chi connectivity index (χ4n) is 4.46. The van der Waals surface area contributed by atoms with Gasteiger partial charge in [-0.05, 0) is 65.0 Å². The Morgan fingerprint density at radius 2 is 1.31 bits per heavy atom. The van der Waals surface area contributed by atoms with Gasteiger partial charge in [-0.3, -0.25) is 0 Å². The van der Waals surface area contributed by atoms with Gasteiger partial charge < -0.3 is 4.42 Å². The van der Waals surface area contributed by atoms with Crippen molar-refractivity contribution in [3.8, 4) is 16.8 Å². The largest absolute Gasteiger partial charge is 0.455 e. The van der Waals surface area contributed by atoms with Crippen LogP contribution in [-0.2, 0) is 0 Å². The zero-order valence-corrected chi connectivity index (χ0v) is 17.1. The van der Waals surface area contributed by atoms with Crippen LogP contribution in [0, 0.1) is 0 Å². The van der Waals surface area contributed by atoms with Gasteiger partial charge in [0.25, 0.3) is 0 Å². The molecule has 4 nitrogen and oxygen atoms in total. The quantitative estimate of drug-likeness (QED) is 0.304. The first kappa shape index (κ1) is 17.3. The molecular formula is C28H17N3O. The highest BCUT2D eigenvalue weighted by Gasteiger charge is 2.11. The van der Waals surface area contributed by atoms with Gasteiger partial charge in [-0.25, -0.2) is 0 Å². The number of hydrogen-bond acceptors (Lipinski definition) is 3. The molecule has 0 aliphatic heterocycles. The first-order valence-corrected chi connectivity index (χ1v) is 10.6. The maximum absolute atomic E-state index is 6.19. The van der Waals surface area contributed by atoms with E-state index in [1.165, 1.54) is 0 Å². The van der Waals surface area contributed by atoms with E-state index in [9.17, 15) is 0 Å². The van der Waals surface area contributed by atoms with Crippen molar-refractivity contribution in [1.29, 1.82) is 0 Å².